The lowest BCUT2D eigenvalue weighted by Crippen LogP contribution is -2.54. The van der Waals surface area contributed by atoms with E-state index in [1.165, 1.54) is 11.3 Å². The summed E-state index contributed by atoms with van der Waals surface area (Å²) >= 11 is 1.36. The molecular weight excluding hydrogens is 336 g/mol. The maximum Gasteiger partial charge on any atom is 0.264 e. The molecule has 6 nitrogen and oxygen atoms in total. The van der Waals surface area contributed by atoms with Crippen molar-refractivity contribution in [3.63, 3.8) is 0 Å². The minimum atomic E-state index is -3.08. The average Bonchev–Trinajstić information content (AvgIpc) is 3.18. The number of amides is 2. The van der Waals surface area contributed by atoms with E-state index in [-0.39, 0.29) is 23.3 Å². The van der Waals surface area contributed by atoms with Crippen LogP contribution in [0.2, 0.25) is 0 Å². The summed E-state index contributed by atoms with van der Waals surface area (Å²) < 4.78 is 23.3. The predicted octanol–water partition coefficient (Wildman–Crippen LogP) is 1.05. The monoisotopic (exact) mass is 356 g/mol. The maximum atomic E-state index is 12.6. The average molecular weight is 356 g/mol. The molecule has 0 spiro atoms. The molecule has 1 aromatic rings. The molecule has 0 radical (unpaired) electrons. The van der Waals surface area contributed by atoms with Crippen molar-refractivity contribution in [3.05, 3.63) is 22.4 Å². The van der Waals surface area contributed by atoms with E-state index < -0.39 is 21.4 Å². The third kappa shape index (κ3) is 3.42. The number of hydrogen-bond donors (Lipinski definition) is 1. The highest BCUT2D eigenvalue weighted by Crippen LogP contribution is 2.26. The van der Waals surface area contributed by atoms with Crippen LogP contribution in [0.4, 0.5) is 0 Å². The molecule has 0 aromatic carbocycles. The highest BCUT2D eigenvalue weighted by Gasteiger charge is 2.42. The van der Waals surface area contributed by atoms with Crippen LogP contribution in [0, 0.1) is 0 Å². The highest BCUT2D eigenvalue weighted by molar-refractivity contribution is 7.91. The topological polar surface area (TPSA) is 83.6 Å². The van der Waals surface area contributed by atoms with Crippen molar-refractivity contribution in [1.82, 2.24) is 10.2 Å². The zero-order valence-electron chi connectivity index (χ0n) is 12.9. The second kappa shape index (κ2) is 5.90. The van der Waals surface area contributed by atoms with Crippen LogP contribution < -0.4 is 5.32 Å². The molecule has 0 bridgehead atoms. The Balaban J connectivity index is 1.70. The van der Waals surface area contributed by atoms with Crippen LogP contribution in [-0.2, 0) is 14.6 Å². The molecule has 3 heterocycles. The molecule has 0 aliphatic carbocycles. The van der Waals surface area contributed by atoms with Crippen molar-refractivity contribution in [2.24, 2.45) is 0 Å². The van der Waals surface area contributed by atoms with Crippen LogP contribution >= 0.6 is 11.3 Å². The van der Waals surface area contributed by atoms with Crippen LogP contribution in [-0.4, -0.2) is 54.8 Å². The molecule has 1 N–H and O–H groups in total. The van der Waals surface area contributed by atoms with Crippen molar-refractivity contribution in [2.45, 2.75) is 37.8 Å². The summed E-state index contributed by atoms with van der Waals surface area (Å²) in [7, 11) is -3.08. The zero-order valence-corrected chi connectivity index (χ0v) is 14.6. The molecule has 2 aliphatic rings. The van der Waals surface area contributed by atoms with E-state index in [1.807, 2.05) is 11.4 Å². The van der Waals surface area contributed by atoms with E-state index in [0.29, 0.717) is 24.3 Å². The van der Waals surface area contributed by atoms with Crippen LogP contribution in [0.5, 0.6) is 0 Å². The molecule has 3 rings (SSSR count). The molecule has 126 valence electrons. The van der Waals surface area contributed by atoms with Gasteiger partial charge in [0.05, 0.1) is 21.9 Å². The second-order valence-electron chi connectivity index (χ2n) is 6.53. The van der Waals surface area contributed by atoms with Gasteiger partial charge in [0.2, 0.25) is 5.91 Å². The molecule has 8 heteroatoms. The molecule has 2 atom stereocenters. The van der Waals surface area contributed by atoms with E-state index >= 15 is 0 Å². The fourth-order valence-corrected chi connectivity index (χ4v) is 6.09. The van der Waals surface area contributed by atoms with Gasteiger partial charge in [0, 0.05) is 6.54 Å². The third-order valence-electron chi connectivity index (χ3n) is 4.48. The summed E-state index contributed by atoms with van der Waals surface area (Å²) in [4.78, 5) is 27.3. The lowest BCUT2D eigenvalue weighted by Gasteiger charge is -2.29. The first kappa shape index (κ1) is 16.4. The van der Waals surface area contributed by atoms with Crippen LogP contribution in [0.15, 0.2) is 17.5 Å². The molecule has 2 aliphatic heterocycles. The van der Waals surface area contributed by atoms with Gasteiger partial charge in [-0.05, 0) is 37.6 Å². The molecule has 0 saturated carbocycles. The molecular formula is C15H20N2O4S2. The number of nitrogens with one attached hydrogen (secondary N) is 1. The van der Waals surface area contributed by atoms with Crippen molar-refractivity contribution in [1.29, 1.82) is 0 Å². The predicted molar refractivity (Wildman–Crippen MR) is 88.2 cm³/mol. The van der Waals surface area contributed by atoms with Crippen molar-refractivity contribution in [2.75, 3.05) is 18.1 Å². The van der Waals surface area contributed by atoms with Crippen LogP contribution in [0.3, 0.4) is 0 Å². The summed E-state index contributed by atoms with van der Waals surface area (Å²) in [6.07, 6.45) is 1.82. The molecule has 2 saturated heterocycles. The van der Waals surface area contributed by atoms with Gasteiger partial charge in [0.15, 0.2) is 9.84 Å². The Hall–Kier alpha value is -1.41. The fourth-order valence-electron chi connectivity index (χ4n) is 3.31. The van der Waals surface area contributed by atoms with Crippen molar-refractivity contribution < 1.29 is 18.0 Å². The molecule has 0 unspecified atom stereocenters. The zero-order chi connectivity index (χ0) is 16.7. The van der Waals surface area contributed by atoms with Gasteiger partial charge >= 0.3 is 0 Å². The largest absolute Gasteiger partial charge is 0.348 e. The second-order valence-corrected chi connectivity index (χ2v) is 9.66. The number of carbonyl (C=O) groups is 2. The SMILES string of the molecule is C[C@@]1(NC(=O)[C@@H]2CCCN2C(=O)c2cccs2)CCS(=O)(=O)C1. The Labute approximate surface area is 139 Å². The fraction of sp³-hybridized carbons (Fsp3) is 0.600. The van der Waals surface area contributed by atoms with E-state index in [0.717, 1.165) is 6.42 Å². The number of likely N-dealkylation sites (tertiary alicyclic amines) is 1. The lowest BCUT2D eigenvalue weighted by atomic mass is 10.0. The van der Waals surface area contributed by atoms with Gasteiger partial charge in [-0.15, -0.1) is 11.3 Å². The first-order valence-electron chi connectivity index (χ1n) is 7.67. The van der Waals surface area contributed by atoms with Crippen LogP contribution in [0.25, 0.3) is 0 Å². The Kier molecular flexibility index (Phi) is 4.22. The first-order chi connectivity index (χ1) is 10.8. The summed E-state index contributed by atoms with van der Waals surface area (Å²) in [5.41, 5.74) is -0.726. The van der Waals surface area contributed by atoms with Crippen molar-refractivity contribution >= 4 is 33.0 Å². The Bertz CT molecular complexity index is 714. The standard InChI is InChI=1S/C15H20N2O4S2/c1-15(6-9-23(20,21)10-15)16-13(18)11-4-2-7-17(11)14(19)12-5-3-8-22-12/h3,5,8,11H,2,4,6-7,9-10H2,1H3,(H,16,18)/t11-,15+/m0/s1. The minimum absolute atomic E-state index is 0.0304. The molecule has 1 aromatic heterocycles. The maximum absolute atomic E-state index is 12.6. The first-order valence-corrected chi connectivity index (χ1v) is 10.4. The van der Waals surface area contributed by atoms with Gasteiger partial charge in [0.25, 0.3) is 5.91 Å². The van der Waals surface area contributed by atoms with Gasteiger partial charge in [-0.1, -0.05) is 6.07 Å². The number of sulfone groups is 1. The summed E-state index contributed by atoms with van der Waals surface area (Å²) in [5, 5.41) is 4.71. The van der Waals surface area contributed by atoms with E-state index in [1.54, 1.807) is 17.9 Å². The Morgan fingerprint density at radius 2 is 2.22 bits per heavy atom. The van der Waals surface area contributed by atoms with E-state index in [2.05, 4.69) is 5.32 Å². The van der Waals surface area contributed by atoms with Gasteiger partial charge in [-0.3, -0.25) is 9.59 Å². The normalized spacial score (nSPS) is 29.6. The van der Waals surface area contributed by atoms with Gasteiger partial charge in [0.1, 0.15) is 6.04 Å². The minimum Gasteiger partial charge on any atom is -0.348 e. The lowest BCUT2D eigenvalue weighted by molar-refractivity contribution is -0.126. The Morgan fingerprint density at radius 1 is 1.43 bits per heavy atom. The Morgan fingerprint density at radius 3 is 2.83 bits per heavy atom. The van der Waals surface area contributed by atoms with E-state index in [4.69, 9.17) is 0 Å². The summed E-state index contributed by atoms with van der Waals surface area (Å²) in [5.74, 6) is -0.294. The van der Waals surface area contributed by atoms with Gasteiger partial charge in [-0.2, -0.15) is 0 Å². The number of thiophene rings is 1. The quantitative estimate of drug-likeness (QED) is 0.877. The van der Waals surface area contributed by atoms with Gasteiger partial charge in [-0.25, -0.2) is 8.42 Å². The summed E-state index contributed by atoms with van der Waals surface area (Å²) in [6.45, 7) is 2.32. The molecule has 2 fully saturated rings. The van der Waals surface area contributed by atoms with E-state index in [9.17, 15) is 18.0 Å². The highest BCUT2D eigenvalue weighted by atomic mass is 32.2. The number of carbonyl (C=O) groups excluding carboxylic acids is 2. The number of hydrogen-bond acceptors (Lipinski definition) is 5. The third-order valence-corrected chi connectivity index (χ3v) is 7.24. The molecule has 23 heavy (non-hydrogen) atoms. The molecule has 2 amide bonds. The van der Waals surface area contributed by atoms with Crippen LogP contribution in [0.1, 0.15) is 35.9 Å². The smallest absolute Gasteiger partial charge is 0.264 e. The summed E-state index contributed by atoms with van der Waals surface area (Å²) in [6, 6.07) is 3.06. The number of rotatable bonds is 3. The number of nitrogens with zero attached hydrogens (tertiary/aromatic N) is 1. The van der Waals surface area contributed by atoms with Crippen molar-refractivity contribution in [3.8, 4) is 0 Å². The van der Waals surface area contributed by atoms with Gasteiger partial charge < -0.3 is 10.2 Å².